The van der Waals surface area contributed by atoms with Crippen LogP contribution in [0.2, 0.25) is 0 Å². The van der Waals surface area contributed by atoms with Crippen LogP contribution in [0.5, 0.6) is 0 Å². The van der Waals surface area contributed by atoms with Crippen LogP contribution in [-0.2, 0) is 11.3 Å². The molecule has 1 aromatic carbocycles. The van der Waals surface area contributed by atoms with Crippen LogP contribution in [0.15, 0.2) is 48.9 Å². The van der Waals surface area contributed by atoms with E-state index < -0.39 is 0 Å². The van der Waals surface area contributed by atoms with Gasteiger partial charge in [-0.1, -0.05) is 30.3 Å². The summed E-state index contributed by atoms with van der Waals surface area (Å²) in [6.07, 6.45) is 5.97. The van der Waals surface area contributed by atoms with Gasteiger partial charge in [0.1, 0.15) is 0 Å². The summed E-state index contributed by atoms with van der Waals surface area (Å²) >= 11 is 0. The van der Waals surface area contributed by atoms with E-state index in [1.807, 2.05) is 48.1 Å². The summed E-state index contributed by atoms with van der Waals surface area (Å²) in [6.45, 7) is 0.659. The van der Waals surface area contributed by atoms with E-state index in [-0.39, 0.29) is 11.8 Å². The first kappa shape index (κ1) is 16.3. The van der Waals surface area contributed by atoms with Crippen molar-refractivity contribution >= 4 is 17.7 Å². The Kier molecular flexibility index (Phi) is 4.12. The zero-order valence-electron chi connectivity index (χ0n) is 14.8. The molecule has 0 fully saturated rings. The van der Waals surface area contributed by atoms with Crippen molar-refractivity contribution in [2.75, 3.05) is 24.3 Å². The molecule has 1 N–H and O–H groups in total. The van der Waals surface area contributed by atoms with Gasteiger partial charge in [-0.3, -0.25) is 9.48 Å². The van der Waals surface area contributed by atoms with Gasteiger partial charge < -0.3 is 10.2 Å². The topological polar surface area (TPSA) is 75.9 Å². The third-order valence-electron chi connectivity index (χ3n) is 4.46. The van der Waals surface area contributed by atoms with Gasteiger partial charge in [-0.25, -0.2) is 9.97 Å². The van der Waals surface area contributed by atoms with Crippen molar-refractivity contribution in [2.45, 2.75) is 18.9 Å². The molecule has 0 saturated carbocycles. The van der Waals surface area contributed by atoms with Gasteiger partial charge >= 0.3 is 0 Å². The molecule has 7 nitrogen and oxygen atoms in total. The number of rotatable bonds is 4. The van der Waals surface area contributed by atoms with Gasteiger partial charge in [-0.15, -0.1) is 0 Å². The standard InChI is InChI=1S/C19H20N6O/c1-24(2)19-20-9-14(10-21-19)15-8-17(26)22-18-16(15)12-25(23-18)11-13-6-4-3-5-7-13/h3-7,9-10,12,15H,8,11H2,1-2H3,(H,22,23,26). The van der Waals surface area contributed by atoms with Crippen molar-refractivity contribution < 1.29 is 4.79 Å². The highest BCUT2D eigenvalue weighted by molar-refractivity contribution is 5.94. The molecule has 1 aliphatic rings. The number of amides is 1. The highest BCUT2D eigenvalue weighted by Crippen LogP contribution is 2.36. The minimum absolute atomic E-state index is 0.0378. The largest absolute Gasteiger partial charge is 0.347 e. The number of carbonyl (C=O) groups is 1. The zero-order chi connectivity index (χ0) is 18.1. The highest BCUT2D eigenvalue weighted by atomic mass is 16.1. The maximum absolute atomic E-state index is 12.1. The molecule has 3 heterocycles. The van der Waals surface area contributed by atoms with Crippen LogP contribution < -0.4 is 10.2 Å². The highest BCUT2D eigenvalue weighted by Gasteiger charge is 2.30. The normalized spacial score (nSPS) is 16.1. The number of hydrogen-bond donors (Lipinski definition) is 1. The lowest BCUT2D eigenvalue weighted by atomic mass is 9.89. The molecule has 4 rings (SSSR count). The number of aromatic nitrogens is 4. The number of nitrogens with zero attached hydrogens (tertiary/aromatic N) is 5. The zero-order valence-corrected chi connectivity index (χ0v) is 14.8. The number of nitrogens with one attached hydrogen (secondary N) is 1. The number of fused-ring (bicyclic) bond motifs is 1. The summed E-state index contributed by atoms with van der Waals surface area (Å²) in [5.74, 6) is 1.15. The fourth-order valence-electron chi connectivity index (χ4n) is 3.16. The predicted molar refractivity (Wildman–Crippen MR) is 99.2 cm³/mol. The lowest BCUT2D eigenvalue weighted by Gasteiger charge is -2.21. The molecule has 1 aliphatic heterocycles. The molecule has 1 atom stereocenters. The number of hydrogen-bond acceptors (Lipinski definition) is 5. The van der Waals surface area contributed by atoms with E-state index in [1.54, 1.807) is 12.4 Å². The Hall–Kier alpha value is -3.22. The van der Waals surface area contributed by atoms with Gasteiger partial charge in [0, 0.05) is 50.6 Å². The third kappa shape index (κ3) is 3.15. The third-order valence-corrected chi connectivity index (χ3v) is 4.46. The molecule has 0 aliphatic carbocycles. The van der Waals surface area contributed by atoms with Gasteiger partial charge in [0.05, 0.1) is 6.54 Å². The first-order valence-electron chi connectivity index (χ1n) is 8.50. The second-order valence-corrected chi connectivity index (χ2v) is 6.63. The van der Waals surface area contributed by atoms with Crippen molar-refractivity contribution in [3.8, 4) is 0 Å². The molecular formula is C19H20N6O. The molecule has 26 heavy (non-hydrogen) atoms. The van der Waals surface area contributed by atoms with E-state index in [9.17, 15) is 4.79 Å². The van der Waals surface area contributed by atoms with Gasteiger partial charge in [-0.2, -0.15) is 5.10 Å². The van der Waals surface area contributed by atoms with E-state index in [0.29, 0.717) is 24.7 Å². The summed E-state index contributed by atoms with van der Waals surface area (Å²) in [5, 5.41) is 7.43. The van der Waals surface area contributed by atoms with Crippen molar-refractivity contribution in [3.05, 3.63) is 65.6 Å². The molecule has 3 aromatic rings. The number of anilines is 2. The SMILES string of the molecule is CN(C)c1ncc(C2CC(=O)Nc3nn(Cc4ccccc4)cc32)cn1. The maximum Gasteiger partial charge on any atom is 0.226 e. The fourth-order valence-corrected chi connectivity index (χ4v) is 3.16. The molecule has 0 bridgehead atoms. The smallest absolute Gasteiger partial charge is 0.226 e. The van der Waals surface area contributed by atoms with Crippen molar-refractivity contribution in [2.24, 2.45) is 0 Å². The first-order valence-corrected chi connectivity index (χ1v) is 8.50. The van der Waals surface area contributed by atoms with Crippen LogP contribution in [0.4, 0.5) is 11.8 Å². The van der Waals surface area contributed by atoms with E-state index in [2.05, 4.69) is 32.5 Å². The van der Waals surface area contributed by atoms with Crippen LogP contribution in [0.3, 0.4) is 0 Å². The van der Waals surface area contributed by atoms with Gasteiger partial charge in [0.2, 0.25) is 11.9 Å². The Morgan fingerprint density at radius 2 is 1.92 bits per heavy atom. The second kappa shape index (κ2) is 6.59. The molecule has 7 heteroatoms. The summed E-state index contributed by atoms with van der Waals surface area (Å²) in [5.41, 5.74) is 3.08. The Morgan fingerprint density at radius 3 is 2.62 bits per heavy atom. The van der Waals surface area contributed by atoms with Gasteiger partial charge in [0.15, 0.2) is 5.82 Å². The Balaban J connectivity index is 1.65. The number of benzene rings is 1. The lowest BCUT2D eigenvalue weighted by molar-refractivity contribution is -0.116. The minimum atomic E-state index is -0.0838. The molecule has 2 aromatic heterocycles. The molecular weight excluding hydrogens is 328 g/mol. The van der Waals surface area contributed by atoms with Gasteiger partial charge in [0.25, 0.3) is 0 Å². The van der Waals surface area contributed by atoms with E-state index in [4.69, 9.17) is 0 Å². The average molecular weight is 348 g/mol. The summed E-state index contributed by atoms with van der Waals surface area (Å²) in [4.78, 5) is 22.8. The van der Waals surface area contributed by atoms with Crippen molar-refractivity contribution in [1.82, 2.24) is 19.7 Å². The Labute approximate surface area is 151 Å². The molecule has 1 unspecified atom stereocenters. The van der Waals surface area contributed by atoms with Crippen LogP contribution in [-0.4, -0.2) is 39.8 Å². The monoisotopic (exact) mass is 348 g/mol. The van der Waals surface area contributed by atoms with E-state index in [0.717, 1.165) is 16.7 Å². The van der Waals surface area contributed by atoms with E-state index >= 15 is 0 Å². The Morgan fingerprint density at radius 1 is 1.19 bits per heavy atom. The molecule has 0 radical (unpaired) electrons. The lowest BCUT2D eigenvalue weighted by Crippen LogP contribution is -2.23. The van der Waals surface area contributed by atoms with Crippen LogP contribution in [0, 0.1) is 0 Å². The molecule has 0 saturated heterocycles. The summed E-state index contributed by atoms with van der Waals surface area (Å²) in [6, 6.07) is 10.1. The van der Waals surface area contributed by atoms with Gasteiger partial charge in [-0.05, 0) is 11.1 Å². The predicted octanol–water partition coefficient (Wildman–Crippen LogP) is 2.26. The fraction of sp³-hybridized carbons (Fsp3) is 0.263. The summed E-state index contributed by atoms with van der Waals surface area (Å²) in [7, 11) is 3.80. The maximum atomic E-state index is 12.1. The first-order chi connectivity index (χ1) is 12.6. The second-order valence-electron chi connectivity index (χ2n) is 6.63. The van der Waals surface area contributed by atoms with Crippen LogP contribution in [0.25, 0.3) is 0 Å². The van der Waals surface area contributed by atoms with Crippen LogP contribution >= 0.6 is 0 Å². The quantitative estimate of drug-likeness (QED) is 0.783. The number of carbonyl (C=O) groups excluding carboxylic acids is 1. The average Bonchev–Trinajstić information content (AvgIpc) is 3.04. The molecule has 1 amide bonds. The molecule has 0 spiro atoms. The van der Waals surface area contributed by atoms with Crippen molar-refractivity contribution in [3.63, 3.8) is 0 Å². The Bertz CT molecular complexity index is 917. The van der Waals surface area contributed by atoms with E-state index in [1.165, 1.54) is 0 Å². The van der Waals surface area contributed by atoms with Crippen molar-refractivity contribution in [1.29, 1.82) is 0 Å². The summed E-state index contributed by atoms with van der Waals surface area (Å²) < 4.78 is 1.87. The minimum Gasteiger partial charge on any atom is -0.347 e. The molecule has 132 valence electrons. The van der Waals surface area contributed by atoms with Crippen LogP contribution in [0.1, 0.15) is 29.0 Å².